The minimum Gasteiger partial charge on any atom is -0.360 e. The van der Waals surface area contributed by atoms with Gasteiger partial charge >= 0.3 is 0 Å². The molecule has 162 valence electrons. The minimum absolute atomic E-state index is 0.389. The molecular weight excluding hydrogens is 430 g/mol. The van der Waals surface area contributed by atoms with Gasteiger partial charge in [-0.2, -0.15) is 9.47 Å². The van der Waals surface area contributed by atoms with Crippen LogP contribution >= 0.6 is 11.5 Å². The van der Waals surface area contributed by atoms with E-state index in [2.05, 4.69) is 44.4 Å². The molecule has 4 rings (SSSR count). The number of aryl methyl sites for hydroxylation is 1. The molecular formula is C20H25N7O2SSi. The molecule has 0 aliphatic carbocycles. The molecule has 0 saturated carbocycles. The lowest BCUT2D eigenvalue weighted by atomic mass is 10.3. The molecule has 0 spiro atoms. The van der Waals surface area contributed by atoms with Crippen molar-refractivity contribution in [3.05, 3.63) is 42.2 Å². The van der Waals surface area contributed by atoms with E-state index in [1.54, 1.807) is 16.9 Å². The molecule has 0 aromatic carbocycles. The van der Waals surface area contributed by atoms with Crippen LogP contribution in [-0.4, -0.2) is 49.5 Å². The largest absolute Gasteiger partial charge is 0.360 e. The van der Waals surface area contributed by atoms with Crippen molar-refractivity contribution in [1.82, 2.24) is 28.5 Å². The van der Waals surface area contributed by atoms with Gasteiger partial charge in [0.1, 0.15) is 17.4 Å². The lowest BCUT2D eigenvalue weighted by Gasteiger charge is -2.15. The number of fused-ring (bicyclic) bond motifs is 1. The molecule has 4 heterocycles. The fourth-order valence-corrected chi connectivity index (χ4v) is 4.40. The Hall–Kier alpha value is -2.89. The van der Waals surface area contributed by atoms with Gasteiger partial charge in [-0.15, -0.1) is 0 Å². The smallest absolute Gasteiger partial charge is 0.180 e. The van der Waals surface area contributed by atoms with Gasteiger partial charge in [0.05, 0.1) is 23.8 Å². The first-order chi connectivity index (χ1) is 14.8. The molecule has 31 heavy (non-hydrogen) atoms. The van der Waals surface area contributed by atoms with E-state index in [-0.39, 0.29) is 0 Å². The number of rotatable bonds is 9. The zero-order valence-corrected chi connectivity index (χ0v) is 19.8. The van der Waals surface area contributed by atoms with Crippen LogP contribution in [0.15, 0.2) is 30.9 Å². The van der Waals surface area contributed by atoms with Gasteiger partial charge in [0.25, 0.3) is 0 Å². The zero-order valence-electron chi connectivity index (χ0n) is 18.0. The molecule has 4 aromatic heterocycles. The average molecular weight is 456 g/mol. The average Bonchev–Trinajstić information content (AvgIpc) is 3.43. The SMILES string of the molecule is Cc1cn2c(-c3cnn(COCC[Si](C)(C)C)c3)cnc2c(Nc2cc(C=O)ns2)n1. The summed E-state index contributed by atoms with van der Waals surface area (Å²) in [6.45, 7) is 10.1. The van der Waals surface area contributed by atoms with Gasteiger partial charge in [0.15, 0.2) is 17.8 Å². The first kappa shape index (κ1) is 21.3. The summed E-state index contributed by atoms with van der Waals surface area (Å²) < 4.78 is 13.6. The number of carbonyl (C=O) groups excluding carboxylic acids is 1. The fraction of sp³-hybridized carbons (Fsp3) is 0.350. The molecule has 11 heteroatoms. The second-order valence-electron chi connectivity index (χ2n) is 8.54. The Morgan fingerprint density at radius 2 is 2.10 bits per heavy atom. The molecule has 0 unspecified atom stereocenters. The Balaban J connectivity index is 1.54. The van der Waals surface area contributed by atoms with Crippen molar-refractivity contribution >= 4 is 42.4 Å². The summed E-state index contributed by atoms with van der Waals surface area (Å²) in [5.41, 5.74) is 3.76. The van der Waals surface area contributed by atoms with Crippen LogP contribution in [0.4, 0.5) is 10.8 Å². The summed E-state index contributed by atoms with van der Waals surface area (Å²) in [5.74, 6) is 0.606. The molecule has 0 aliphatic heterocycles. The molecule has 1 N–H and O–H groups in total. The number of nitrogens with one attached hydrogen (secondary N) is 1. The second kappa shape index (κ2) is 8.69. The summed E-state index contributed by atoms with van der Waals surface area (Å²) in [7, 11) is -1.10. The first-order valence-electron chi connectivity index (χ1n) is 9.96. The number of hydrogen-bond acceptors (Lipinski definition) is 8. The number of aromatic nitrogens is 6. The highest BCUT2D eigenvalue weighted by Gasteiger charge is 2.15. The van der Waals surface area contributed by atoms with Crippen LogP contribution in [-0.2, 0) is 11.5 Å². The standard InChI is InChI=1S/C20H25N7O2SSi/c1-14-10-27-17(15-8-22-26(11-15)13-29-5-6-31(2,3)4)9-21-20(27)19(23-14)24-18-7-16(12-28)25-30-18/h7-12H,5-6,13H2,1-4H3,(H,23,24). The predicted molar refractivity (Wildman–Crippen MR) is 124 cm³/mol. The molecule has 9 nitrogen and oxygen atoms in total. The maximum absolute atomic E-state index is 10.9. The summed E-state index contributed by atoms with van der Waals surface area (Å²) in [4.78, 5) is 20.0. The fourth-order valence-electron chi connectivity index (χ4n) is 3.03. The van der Waals surface area contributed by atoms with Gasteiger partial charge in [-0.05, 0) is 24.5 Å². The highest BCUT2D eigenvalue weighted by molar-refractivity contribution is 7.10. The van der Waals surface area contributed by atoms with Crippen LogP contribution in [0.3, 0.4) is 0 Å². The Morgan fingerprint density at radius 1 is 1.26 bits per heavy atom. The van der Waals surface area contributed by atoms with E-state index in [9.17, 15) is 4.79 Å². The molecule has 0 amide bonds. The number of imidazole rings is 1. The van der Waals surface area contributed by atoms with Crippen molar-refractivity contribution in [3.8, 4) is 11.3 Å². The minimum atomic E-state index is -1.10. The highest BCUT2D eigenvalue weighted by atomic mass is 32.1. The van der Waals surface area contributed by atoms with Crippen molar-refractivity contribution in [3.63, 3.8) is 0 Å². The highest BCUT2D eigenvalue weighted by Crippen LogP contribution is 2.27. The predicted octanol–water partition coefficient (Wildman–Crippen LogP) is 4.23. The summed E-state index contributed by atoms with van der Waals surface area (Å²) >= 11 is 1.21. The van der Waals surface area contributed by atoms with Crippen LogP contribution in [0.25, 0.3) is 16.9 Å². The zero-order chi connectivity index (χ0) is 22.0. The van der Waals surface area contributed by atoms with Crippen LogP contribution in [0.1, 0.15) is 16.2 Å². The number of hydrogen-bond donors (Lipinski definition) is 1. The van der Waals surface area contributed by atoms with Crippen molar-refractivity contribution < 1.29 is 9.53 Å². The van der Waals surface area contributed by atoms with E-state index in [0.717, 1.165) is 40.9 Å². The molecule has 0 saturated heterocycles. The third-order valence-corrected chi connectivity index (χ3v) is 7.08. The Labute approximate surface area is 185 Å². The van der Waals surface area contributed by atoms with Gasteiger partial charge in [-0.25, -0.2) is 14.6 Å². The van der Waals surface area contributed by atoms with Gasteiger partial charge in [0, 0.05) is 38.7 Å². The van der Waals surface area contributed by atoms with Gasteiger partial charge in [-0.1, -0.05) is 19.6 Å². The number of nitrogens with zero attached hydrogens (tertiary/aromatic N) is 6. The molecule has 0 radical (unpaired) electrons. The van der Waals surface area contributed by atoms with Crippen LogP contribution in [0, 0.1) is 6.92 Å². The monoisotopic (exact) mass is 455 g/mol. The Morgan fingerprint density at radius 3 is 2.84 bits per heavy atom. The number of ether oxygens (including phenoxy) is 1. The van der Waals surface area contributed by atoms with Gasteiger partial charge in [0.2, 0.25) is 0 Å². The van der Waals surface area contributed by atoms with Crippen molar-refractivity contribution in [2.75, 3.05) is 11.9 Å². The van der Waals surface area contributed by atoms with Crippen LogP contribution < -0.4 is 5.32 Å². The van der Waals surface area contributed by atoms with Crippen molar-refractivity contribution in [2.24, 2.45) is 0 Å². The number of anilines is 2. The van der Waals surface area contributed by atoms with Crippen LogP contribution in [0.2, 0.25) is 25.7 Å². The van der Waals surface area contributed by atoms with E-state index in [1.165, 1.54) is 11.5 Å². The third kappa shape index (κ3) is 5.06. The maximum Gasteiger partial charge on any atom is 0.180 e. The third-order valence-electron chi connectivity index (χ3n) is 4.65. The topological polar surface area (TPSA) is 99.2 Å². The lowest BCUT2D eigenvalue weighted by molar-refractivity contribution is 0.0786. The second-order valence-corrected chi connectivity index (χ2v) is 15.0. The summed E-state index contributed by atoms with van der Waals surface area (Å²) in [5, 5.41) is 8.38. The molecule has 0 fully saturated rings. The quantitative estimate of drug-likeness (QED) is 0.229. The van der Waals surface area contributed by atoms with E-state index in [0.29, 0.717) is 23.9 Å². The van der Waals surface area contributed by atoms with E-state index in [1.807, 2.05) is 29.9 Å². The molecule has 0 aliphatic rings. The van der Waals surface area contributed by atoms with Crippen molar-refractivity contribution in [1.29, 1.82) is 0 Å². The number of carbonyl (C=O) groups is 1. The van der Waals surface area contributed by atoms with Gasteiger partial charge in [-0.3, -0.25) is 9.20 Å². The Kier molecular flexibility index (Phi) is 5.98. The maximum atomic E-state index is 10.9. The molecule has 0 bridgehead atoms. The first-order valence-corrected chi connectivity index (χ1v) is 14.4. The summed E-state index contributed by atoms with van der Waals surface area (Å²) in [6.07, 6.45) is 8.24. The Bertz CT molecular complexity index is 1210. The van der Waals surface area contributed by atoms with E-state index < -0.39 is 8.07 Å². The van der Waals surface area contributed by atoms with Crippen LogP contribution in [0.5, 0.6) is 0 Å². The van der Waals surface area contributed by atoms with E-state index >= 15 is 0 Å². The van der Waals surface area contributed by atoms with Crippen molar-refractivity contribution in [2.45, 2.75) is 39.3 Å². The van der Waals surface area contributed by atoms with E-state index in [4.69, 9.17) is 4.74 Å². The number of aldehydes is 1. The van der Waals surface area contributed by atoms with Gasteiger partial charge < -0.3 is 10.1 Å². The summed E-state index contributed by atoms with van der Waals surface area (Å²) in [6, 6.07) is 2.82. The molecule has 0 atom stereocenters. The normalized spacial score (nSPS) is 11.9. The lowest BCUT2D eigenvalue weighted by Crippen LogP contribution is -2.22. The molecule has 4 aromatic rings.